The summed E-state index contributed by atoms with van der Waals surface area (Å²) in [6, 6.07) is 0.652. The quantitative estimate of drug-likeness (QED) is 0.834. The Hall–Kier alpha value is 0.230. The van der Waals surface area contributed by atoms with E-state index in [-0.39, 0.29) is 11.7 Å². The Bertz CT molecular complexity index is 286. The topological polar surface area (TPSA) is 41.5 Å². The molecule has 2 heterocycles. The summed E-state index contributed by atoms with van der Waals surface area (Å²) in [4.78, 5) is 0. The molecule has 2 saturated heterocycles. The van der Waals surface area contributed by atoms with Gasteiger partial charge in [-0.3, -0.25) is 0 Å². The Labute approximate surface area is 120 Å². The van der Waals surface area contributed by atoms with Crippen LogP contribution < -0.4 is 5.32 Å². The van der Waals surface area contributed by atoms with Gasteiger partial charge in [0.1, 0.15) is 0 Å². The van der Waals surface area contributed by atoms with E-state index in [1.165, 1.54) is 43.6 Å². The zero-order valence-corrected chi connectivity index (χ0v) is 12.6. The van der Waals surface area contributed by atoms with Gasteiger partial charge in [-0.05, 0) is 63.2 Å². The number of ether oxygens (including phenoxy) is 1. The van der Waals surface area contributed by atoms with Gasteiger partial charge in [-0.1, -0.05) is 0 Å². The highest BCUT2D eigenvalue weighted by Crippen LogP contribution is 2.38. The van der Waals surface area contributed by atoms with Crippen LogP contribution in [0.5, 0.6) is 0 Å². The molecule has 3 fully saturated rings. The molecule has 19 heavy (non-hydrogen) atoms. The monoisotopic (exact) mass is 285 g/mol. The van der Waals surface area contributed by atoms with Crippen molar-refractivity contribution in [2.75, 3.05) is 24.7 Å². The Kier molecular flexibility index (Phi) is 4.73. The number of aliphatic hydroxyl groups is 1. The van der Waals surface area contributed by atoms with Crippen LogP contribution in [0.4, 0.5) is 0 Å². The predicted molar refractivity (Wildman–Crippen MR) is 79.6 cm³/mol. The molecule has 2 atom stereocenters. The number of nitrogens with one attached hydrogen (secondary N) is 1. The minimum Gasteiger partial charge on any atom is -0.393 e. The summed E-state index contributed by atoms with van der Waals surface area (Å²) in [5, 5.41) is 13.3. The van der Waals surface area contributed by atoms with Gasteiger partial charge in [-0.15, -0.1) is 0 Å². The third kappa shape index (κ3) is 3.66. The Morgan fingerprint density at radius 3 is 2.79 bits per heavy atom. The van der Waals surface area contributed by atoms with Gasteiger partial charge in [0.2, 0.25) is 0 Å². The van der Waals surface area contributed by atoms with Crippen molar-refractivity contribution in [3.8, 4) is 0 Å². The molecule has 1 aliphatic carbocycles. The van der Waals surface area contributed by atoms with Crippen LogP contribution >= 0.6 is 11.8 Å². The van der Waals surface area contributed by atoms with Gasteiger partial charge in [-0.2, -0.15) is 11.8 Å². The Morgan fingerprint density at radius 2 is 2.05 bits per heavy atom. The molecule has 3 aliphatic rings. The molecule has 2 aliphatic heterocycles. The lowest BCUT2D eigenvalue weighted by Crippen LogP contribution is -2.48. The predicted octanol–water partition coefficient (Wildman–Crippen LogP) is 2.18. The molecule has 1 saturated carbocycles. The maximum absolute atomic E-state index is 9.54. The minimum absolute atomic E-state index is 0.0295. The molecular formula is C15H27NO2S. The Morgan fingerprint density at radius 1 is 1.21 bits per heavy atom. The van der Waals surface area contributed by atoms with Crippen molar-refractivity contribution < 1.29 is 9.84 Å². The van der Waals surface area contributed by atoms with Crippen LogP contribution in [-0.4, -0.2) is 47.5 Å². The van der Waals surface area contributed by atoms with Crippen LogP contribution in [0.2, 0.25) is 0 Å². The van der Waals surface area contributed by atoms with E-state index in [1.54, 1.807) is 0 Å². The molecule has 0 aromatic carbocycles. The molecule has 0 bridgehead atoms. The van der Waals surface area contributed by atoms with Gasteiger partial charge in [0.15, 0.2) is 0 Å². The first kappa shape index (κ1) is 14.2. The van der Waals surface area contributed by atoms with Crippen LogP contribution in [0.25, 0.3) is 0 Å². The number of thioether (sulfide) groups is 1. The van der Waals surface area contributed by atoms with E-state index in [1.807, 2.05) is 11.8 Å². The molecule has 0 aromatic rings. The van der Waals surface area contributed by atoms with Crippen molar-refractivity contribution in [1.82, 2.24) is 5.32 Å². The lowest BCUT2D eigenvalue weighted by atomic mass is 9.86. The van der Waals surface area contributed by atoms with Gasteiger partial charge < -0.3 is 15.2 Å². The second kappa shape index (κ2) is 6.33. The molecule has 0 radical (unpaired) electrons. The van der Waals surface area contributed by atoms with E-state index in [0.29, 0.717) is 6.04 Å². The molecule has 2 unspecified atom stereocenters. The van der Waals surface area contributed by atoms with E-state index in [0.717, 1.165) is 31.9 Å². The molecular weight excluding hydrogens is 258 g/mol. The zero-order valence-electron chi connectivity index (χ0n) is 11.8. The molecule has 2 N–H and O–H groups in total. The van der Waals surface area contributed by atoms with Gasteiger partial charge in [-0.25, -0.2) is 0 Å². The third-order valence-corrected chi connectivity index (χ3v) is 6.29. The fourth-order valence-corrected chi connectivity index (χ4v) is 5.13. The number of rotatable bonds is 3. The molecule has 110 valence electrons. The summed E-state index contributed by atoms with van der Waals surface area (Å²) < 4.78 is 6.07. The van der Waals surface area contributed by atoms with E-state index in [2.05, 4.69) is 5.32 Å². The standard InChI is InChI=1S/C15H27NO2S/c17-14-3-1-12(2-4-14)10-16-13-5-7-18-15(9-13)6-8-19-11-15/h12-14,16-17H,1-11H2. The minimum atomic E-state index is -0.0295. The van der Waals surface area contributed by atoms with Crippen molar-refractivity contribution >= 4 is 11.8 Å². The highest BCUT2D eigenvalue weighted by Gasteiger charge is 2.40. The van der Waals surface area contributed by atoms with E-state index < -0.39 is 0 Å². The van der Waals surface area contributed by atoms with Crippen molar-refractivity contribution in [2.45, 2.75) is 62.7 Å². The summed E-state index contributed by atoms with van der Waals surface area (Å²) in [6.07, 6.45) is 7.97. The van der Waals surface area contributed by atoms with Crippen LogP contribution in [-0.2, 0) is 4.74 Å². The van der Waals surface area contributed by atoms with Crippen molar-refractivity contribution in [3.63, 3.8) is 0 Å². The van der Waals surface area contributed by atoms with Gasteiger partial charge in [0.25, 0.3) is 0 Å². The van der Waals surface area contributed by atoms with Crippen LogP contribution in [0.15, 0.2) is 0 Å². The fraction of sp³-hybridized carbons (Fsp3) is 1.00. The second-order valence-electron chi connectivity index (χ2n) is 6.61. The van der Waals surface area contributed by atoms with Gasteiger partial charge in [0, 0.05) is 18.4 Å². The fourth-order valence-electron chi connectivity index (χ4n) is 3.75. The number of hydrogen-bond donors (Lipinski definition) is 2. The molecule has 3 nitrogen and oxygen atoms in total. The molecule has 4 heteroatoms. The summed E-state index contributed by atoms with van der Waals surface area (Å²) in [6.45, 7) is 2.07. The van der Waals surface area contributed by atoms with Crippen LogP contribution in [0.3, 0.4) is 0 Å². The first-order chi connectivity index (χ1) is 9.26. The Balaban J connectivity index is 1.42. The van der Waals surface area contributed by atoms with Crippen LogP contribution in [0, 0.1) is 5.92 Å². The largest absolute Gasteiger partial charge is 0.393 e. The average Bonchev–Trinajstić information content (AvgIpc) is 2.86. The van der Waals surface area contributed by atoms with Crippen LogP contribution in [0.1, 0.15) is 44.9 Å². The molecule has 3 rings (SSSR count). The summed E-state index contributed by atoms with van der Waals surface area (Å²) >= 11 is 2.05. The summed E-state index contributed by atoms with van der Waals surface area (Å²) in [5.41, 5.74) is 0.198. The summed E-state index contributed by atoms with van der Waals surface area (Å²) in [5.74, 6) is 3.24. The maximum Gasteiger partial charge on any atom is 0.0795 e. The lowest BCUT2D eigenvalue weighted by Gasteiger charge is -2.39. The van der Waals surface area contributed by atoms with E-state index >= 15 is 0 Å². The summed E-state index contributed by atoms with van der Waals surface area (Å²) in [7, 11) is 0. The highest BCUT2D eigenvalue weighted by molar-refractivity contribution is 7.99. The van der Waals surface area contributed by atoms with E-state index in [9.17, 15) is 5.11 Å². The first-order valence-electron chi connectivity index (χ1n) is 7.89. The number of aliphatic hydroxyl groups excluding tert-OH is 1. The normalized spacial score (nSPS) is 43.7. The third-order valence-electron chi connectivity index (χ3n) is 5.07. The average molecular weight is 285 g/mol. The smallest absolute Gasteiger partial charge is 0.0795 e. The van der Waals surface area contributed by atoms with Gasteiger partial charge in [0.05, 0.1) is 11.7 Å². The molecule has 0 amide bonds. The first-order valence-corrected chi connectivity index (χ1v) is 9.04. The molecule has 0 aromatic heterocycles. The van der Waals surface area contributed by atoms with Gasteiger partial charge >= 0.3 is 0 Å². The van der Waals surface area contributed by atoms with Crippen molar-refractivity contribution in [2.24, 2.45) is 5.92 Å². The zero-order chi connectivity index (χ0) is 13.1. The maximum atomic E-state index is 9.54. The lowest BCUT2D eigenvalue weighted by molar-refractivity contribution is -0.0706. The molecule has 1 spiro atoms. The van der Waals surface area contributed by atoms with Crippen molar-refractivity contribution in [1.29, 1.82) is 0 Å². The number of hydrogen-bond acceptors (Lipinski definition) is 4. The van der Waals surface area contributed by atoms with E-state index in [4.69, 9.17) is 4.74 Å². The second-order valence-corrected chi connectivity index (χ2v) is 7.71. The highest BCUT2D eigenvalue weighted by atomic mass is 32.2. The van der Waals surface area contributed by atoms with Crippen molar-refractivity contribution in [3.05, 3.63) is 0 Å². The SMILES string of the molecule is OC1CCC(CNC2CCOC3(CCSC3)C2)CC1.